The Hall–Kier alpha value is -5.84. The topological polar surface area (TPSA) is 117 Å². The van der Waals surface area contributed by atoms with Gasteiger partial charge < -0.3 is 18.9 Å². The summed E-state index contributed by atoms with van der Waals surface area (Å²) in [5, 5.41) is 4.26. The molecule has 3 aromatic carbocycles. The average Bonchev–Trinajstić information content (AvgIpc) is 3.73. The second kappa shape index (κ2) is 13.2. The van der Waals surface area contributed by atoms with Crippen LogP contribution in [0.2, 0.25) is 0 Å². The van der Waals surface area contributed by atoms with Gasteiger partial charge in [-0.2, -0.15) is 15.1 Å². The molecule has 0 aliphatic carbocycles. The predicted octanol–water partition coefficient (Wildman–Crippen LogP) is 5.09. The van der Waals surface area contributed by atoms with Gasteiger partial charge in [-0.1, -0.05) is 72.8 Å². The third-order valence-electron chi connectivity index (χ3n) is 7.11. The lowest BCUT2D eigenvalue weighted by Crippen LogP contribution is -2.26. The quantitative estimate of drug-likeness (QED) is 0.189. The lowest BCUT2D eigenvalue weighted by Gasteiger charge is -2.17. The van der Waals surface area contributed by atoms with E-state index in [4.69, 9.17) is 9.47 Å². The van der Waals surface area contributed by atoms with Crippen LogP contribution in [0.1, 0.15) is 44.3 Å². The summed E-state index contributed by atoms with van der Waals surface area (Å²) in [6.45, 7) is 3.25. The molecule has 11 nitrogen and oxygen atoms in total. The van der Waals surface area contributed by atoms with Crippen LogP contribution in [-0.4, -0.2) is 59.7 Å². The number of aromatic nitrogens is 6. The summed E-state index contributed by atoms with van der Waals surface area (Å²) in [4.78, 5) is 40.8. The van der Waals surface area contributed by atoms with Gasteiger partial charge in [0.1, 0.15) is 6.61 Å². The molecule has 0 atom stereocenters. The molecule has 1 amide bonds. The summed E-state index contributed by atoms with van der Waals surface area (Å²) < 4.78 is 14.6. The van der Waals surface area contributed by atoms with Gasteiger partial charge in [-0.15, -0.1) is 0 Å². The number of hydrogen-bond acceptors (Lipinski definition) is 8. The van der Waals surface area contributed by atoms with E-state index in [0.29, 0.717) is 35.7 Å². The number of nitrogens with zero attached hydrogens (tertiary/aromatic N) is 7. The summed E-state index contributed by atoms with van der Waals surface area (Å²) in [5.74, 6) is -0.0151. The van der Waals surface area contributed by atoms with Crippen molar-refractivity contribution in [3.8, 4) is 11.8 Å². The van der Waals surface area contributed by atoms with E-state index in [1.54, 1.807) is 25.2 Å². The molecule has 0 aliphatic heterocycles. The van der Waals surface area contributed by atoms with Crippen LogP contribution in [0.4, 0.5) is 0 Å². The molecule has 45 heavy (non-hydrogen) atoms. The summed E-state index contributed by atoms with van der Waals surface area (Å²) in [7, 11) is 1.80. The van der Waals surface area contributed by atoms with Gasteiger partial charge in [0.25, 0.3) is 11.9 Å². The van der Waals surface area contributed by atoms with Crippen LogP contribution in [0.15, 0.2) is 104 Å². The minimum absolute atomic E-state index is 0.0549. The third-order valence-corrected chi connectivity index (χ3v) is 7.11. The van der Waals surface area contributed by atoms with Crippen molar-refractivity contribution in [3.05, 3.63) is 131 Å². The standard InChI is InChI=1S/C34H31N7O4/c1-3-44-33(43)28-18-36-41(21-28)34-37-30-29(31(38-34)45-22-26-12-8-5-9-13-26)40(23-35-30)20-25-14-16-27(17-15-25)32(42)39(2)19-24-10-6-4-7-11-24/h4-18,21,23H,3,19-20,22H2,1-2H3. The van der Waals surface area contributed by atoms with Gasteiger partial charge in [-0.3, -0.25) is 4.79 Å². The van der Waals surface area contributed by atoms with Crippen molar-refractivity contribution < 1.29 is 19.1 Å². The molecule has 0 unspecified atom stereocenters. The molecule has 3 aromatic heterocycles. The lowest BCUT2D eigenvalue weighted by molar-refractivity contribution is 0.0526. The first-order valence-electron chi connectivity index (χ1n) is 14.5. The van der Waals surface area contributed by atoms with Gasteiger partial charge in [0.05, 0.1) is 24.7 Å². The molecule has 0 spiro atoms. The zero-order valence-electron chi connectivity index (χ0n) is 24.9. The summed E-state index contributed by atoms with van der Waals surface area (Å²) in [6.07, 6.45) is 4.60. The zero-order chi connectivity index (χ0) is 31.2. The molecule has 0 aliphatic rings. The zero-order valence-corrected chi connectivity index (χ0v) is 24.9. The number of amides is 1. The minimum Gasteiger partial charge on any atom is -0.471 e. The largest absolute Gasteiger partial charge is 0.471 e. The SMILES string of the molecule is CCOC(=O)c1cnn(-c2nc(OCc3ccccc3)c3c(ncn3Cc3ccc(C(=O)N(C)Cc4ccccc4)cc3)n2)c1. The number of fused-ring (bicyclic) bond motifs is 1. The van der Waals surface area contributed by atoms with Crippen LogP contribution in [0.5, 0.6) is 5.88 Å². The van der Waals surface area contributed by atoms with Gasteiger partial charge in [0, 0.05) is 31.9 Å². The summed E-state index contributed by atoms with van der Waals surface area (Å²) in [6, 6.07) is 27.2. The van der Waals surface area contributed by atoms with Crippen LogP contribution in [0.3, 0.4) is 0 Å². The van der Waals surface area contributed by atoms with Crippen LogP contribution in [-0.2, 0) is 24.4 Å². The fourth-order valence-electron chi connectivity index (χ4n) is 4.84. The number of rotatable bonds is 11. The highest BCUT2D eigenvalue weighted by Crippen LogP contribution is 2.25. The Bertz CT molecular complexity index is 1920. The molecule has 6 aromatic rings. The molecule has 3 heterocycles. The Morgan fingerprint density at radius 1 is 0.844 bits per heavy atom. The monoisotopic (exact) mass is 601 g/mol. The van der Waals surface area contributed by atoms with E-state index < -0.39 is 5.97 Å². The van der Waals surface area contributed by atoms with Crippen molar-refractivity contribution in [2.75, 3.05) is 13.7 Å². The first-order valence-corrected chi connectivity index (χ1v) is 14.5. The second-order valence-electron chi connectivity index (χ2n) is 10.4. The fourth-order valence-corrected chi connectivity index (χ4v) is 4.84. The predicted molar refractivity (Wildman–Crippen MR) is 167 cm³/mol. The number of benzene rings is 3. The van der Waals surface area contributed by atoms with Crippen LogP contribution < -0.4 is 4.74 Å². The molecule has 0 saturated carbocycles. The van der Waals surface area contributed by atoms with E-state index in [2.05, 4.69) is 20.1 Å². The Morgan fingerprint density at radius 3 is 2.27 bits per heavy atom. The maximum atomic E-state index is 13.1. The van der Waals surface area contributed by atoms with Crippen LogP contribution in [0.25, 0.3) is 17.1 Å². The van der Waals surface area contributed by atoms with Crippen molar-refractivity contribution in [1.29, 1.82) is 0 Å². The van der Waals surface area contributed by atoms with E-state index in [-0.39, 0.29) is 30.6 Å². The highest BCUT2D eigenvalue weighted by Gasteiger charge is 2.19. The van der Waals surface area contributed by atoms with Gasteiger partial charge >= 0.3 is 5.97 Å². The van der Waals surface area contributed by atoms with Crippen molar-refractivity contribution in [3.63, 3.8) is 0 Å². The van der Waals surface area contributed by atoms with E-state index in [1.165, 1.54) is 17.1 Å². The minimum atomic E-state index is -0.481. The third kappa shape index (κ3) is 6.72. The molecule has 226 valence electrons. The molecule has 0 fully saturated rings. The van der Waals surface area contributed by atoms with Crippen molar-refractivity contribution in [2.45, 2.75) is 26.6 Å². The number of ether oxygens (including phenoxy) is 2. The summed E-state index contributed by atoms with van der Waals surface area (Å²) >= 11 is 0. The molecule has 0 radical (unpaired) electrons. The first-order chi connectivity index (χ1) is 22.0. The number of esters is 1. The molecular formula is C34H31N7O4. The van der Waals surface area contributed by atoms with Crippen molar-refractivity contribution in [1.82, 2.24) is 34.2 Å². The molecular weight excluding hydrogens is 570 g/mol. The summed E-state index contributed by atoms with van der Waals surface area (Å²) in [5.41, 5.74) is 4.90. The van der Waals surface area contributed by atoms with E-state index in [0.717, 1.165) is 16.7 Å². The lowest BCUT2D eigenvalue weighted by atomic mass is 10.1. The molecule has 0 bridgehead atoms. The highest BCUT2D eigenvalue weighted by atomic mass is 16.5. The fraction of sp³-hybridized carbons (Fsp3) is 0.176. The maximum absolute atomic E-state index is 13.1. The number of carbonyl (C=O) groups excluding carboxylic acids is 2. The Kier molecular flexibility index (Phi) is 8.58. The first kappa shape index (κ1) is 29.2. The molecule has 0 saturated heterocycles. The van der Waals surface area contributed by atoms with E-state index >= 15 is 0 Å². The molecule has 0 N–H and O–H groups in total. The Morgan fingerprint density at radius 2 is 1.56 bits per heavy atom. The van der Waals surface area contributed by atoms with E-state index in [1.807, 2.05) is 89.5 Å². The molecule has 11 heteroatoms. The molecule has 6 rings (SSSR count). The van der Waals surface area contributed by atoms with Crippen molar-refractivity contribution in [2.24, 2.45) is 0 Å². The highest BCUT2D eigenvalue weighted by molar-refractivity contribution is 5.94. The van der Waals surface area contributed by atoms with E-state index in [9.17, 15) is 9.59 Å². The normalized spacial score (nSPS) is 11.0. The average molecular weight is 602 g/mol. The second-order valence-corrected chi connectivity index (χ2v) is 10.4. The van der Waals surface area contributed by atoms with Crippen molar-refractivity contribution >= 4 is 23.0 Å². The Labute approximate surface area is 259 Å². The van der Waals surface area contributed by atoms with Gasteiger partial charge in [-0.25, -0.2) is 14.5 Å². The van der Waals surface area contributed by atoms with Gasteiger partial charge in [0.15, 0.2) is 11.2 Å². The Balaban J connectivity index is 1.26. The number of imidazole rings is 1. The number of carbonyl (C=O) groups is 2. The number of hydrogen-bond donors (Lipinski definition) is 0. The van der Waals surface area contributed by atoms with Gasteiger partial charge in [-0.05, 0) is 35.7 Å². The van der Waals surface area contributed by atoms with Crippen LogP contribution in [0, 0.1) is 0 Å². The smallest absolute Gasteiger partial charge is 0.341 e. The van der Waals surface area contributed by atoms with Crippen LogP contribution >= 0.6 is 0 Å². The van der Waals surface area contributed by atoms with Gasteiger partial charge in [0.2, 0.25) is 5.88 Å². The maximum Gasteiger partial charge on any atom is 0.341 e.